The number of hydrogen-bond donors (Lipinski definition) is 0. The lowest BCUT2D eigenvalue weighted by molar-refractivity contribution is 0.0568. The largest absolute Gasteiger partial charge is 0.496 e. The quantitative estimate of drug-likeness (QED) is 0.106. The normalized spacial score (nSPS) is 14.1. The van der Waals surface area contributed by atoms with E-state index in [9.17, 15) is 9.59 Å². The number of pyridine rings is 2. The van der Waals surface area contributed by atoms with Crippen LogP contribution in [0.3, 0.4) is 0 Å². The average molecular weight is 890 g/mol. The zero-order valence-electron chi connectivity index (χ0n) is 37.1. The first-order valence-electron chi connectivity index (χ1n) is 20.9. The Kier molecular flexibility index (Phi) is 13.7. The summed E-state index contributed by atoms with van der Waals surface area (Å²) in [5.74, 6) is 2.36. The number of methoxy groups -OCH3 is 3. The predicted molar refractivity (Wildman–Crippen MR) is 239 cm³/mol. The van der Waals surface area contributed by atoms with Gasteiger partial charge in [-0.05, 0) is 150 Å². The standard InChI is InChI=1S/C28H37N3O5.C18H24BrN3O2/c1-8-20-26(30(16-18-12-13-18)27(32)36-28(2,3)4)22-11-9-10-21(31(22)29-20)25-23(34-6)14-19(17-33-5)15-24(25)35-7;1-5-13-16(14-7-6-8-15(19)22(14)20-13)21(11-12-9-10-12)17(23)24-18(2,3)4/h9-11,14-15,18H,8,12-13,16-17H2,1-7H3;6-8,12H,5,9-11H2,1-4H3. The number of aromatic nitrogens is 4. The van der Waals surface area contributed by atoms with Crippen LogP contribution in [0.1, 0.15) is 98.0 Å². The first-order valence-corrected chi connectivity index (χ1v) is 21.7. The maximum absolute atomic E-state index is 13.4. The van der Waals surface area contributed by atoms with Gasteiger partial charge in [-0.3, -0.25) is 9.80 Å². The maximum Gasteiger partial charge on any atom is 0.414 e. The first-order chi connectivity index (χ1) is 28.5. The van der Waals surface area contributed by atoms with Crippen molar-refractivity contribution < 1.29 is 33.3 Å². The van der Waals surface area contributed by atoms with E-state index < -0.39 is 11.2 Å². The number of anilines is 2. The minimum Gasteiger partial charge on any atom is -0.496 e. The number of aryl methyl sites for hydroxylation is 2. The van der Waals surface area contributed by atoms with Gasteiger partial charge in [0, 0.05) is 20.2 Å². The van der Waals surface area contributed by atoms with Crippen LogP contribution < -0.4 is 19.3 Å². The molecule has 4 heterocycles. The molecular weight excluding hydrogens is 828 g/mol. The summed E-state index contributed by atoms with van der Waals surface area (Å²) < 4.78 is 33.0. The van der Waals surface area contributed by atoms with E-state index in [-0.39, 0.29) is 12.2 Å². The summed E-state index contributed by atoms with van der Waals surface area (Å²) in [6, 6.07) is 15.8. The van der Waals surface area contributed by atoms with E-state index in [0.29, 0.717) is 49.5 Å². The molecule has 2 aliphatic carbocycles. The van der Waals surface area contributed by atoms with Gasteiger partial charge in [0.15, 0.2) is 0 Å². The minimum absolute atomic E-state index is 0.293. The van der Waals surface area contributed by atoms with E-state index in [0.717, 1.165) is 74.5 Å². The van der Waals surface area contributed by atoms with Crippen LogP contribution in [0.4, 0.5) is 21.0 Å². The second kappa shape index (κ2) is 18.4. The third-order valence-electron chi connectivity index (χ3n) is 10.2. The van der Waals surface area contributed by atoms with Gasteiger partial charge in [-0.15, -0.1) is 0 Å². The molecule has 2 fully saturated rings. The zero-order valence-corrected chi connectivity index (χ0v) is 38.6. The fourth-order valence-electron chi connectivity index (χ4n) is 7.16. The summed E-state index contributed by atoms with van der Waals surface area (Å²) in [7, 11) is 4.94. The van der Waals surface area contributed by atoms with E-state index in [1.807, 2.05) is 99.1 Å². The molecule has 14 heteroatoms. The number of amides is 2. The van der Waals surface area contributed by atoms with Crippen molar-refractivity contribution in [2.24, 2.45) is 11.8 Å². The molecule has 0 aliphatic heterocycles. The highest BCUT2D eigenvalue weighted by Gasteiger charge is 2.35. The molecule has 0 N–H and O–H groups in total. The SMILES string of the molecule is CCc1nn2c(-c3c(OC)cc(COC)cc3OC)cccc2c1N(CC1CC1)C(=O)OC(C)(C)C.CCc1nn2c(Br)cccc2c1N(CC1CC1)C(=O)OC(C)(C)C. The van der Waals surface area contributed by atoms with Crippen molar-refractivity contribution in [1.29, 1.82) is 0 Å². The molecule has 0 radical (unpaired) electrons. The summed E-state index contributed by atoms with van der Waals surface area (Å²) in [5, 5.41) is 9.65. The Bertz CT molecular complexity index is 2290. The monoisotopic (exact) mass is 888 g/mol. The van der Waals surface area contributed by atoms with Gasteiger partial charge >= 0.3 is 12.2 Å². The summed E-state index contributed by atoms with van der Waals surface area (Å²) >= 11 is 3.54. The smallest absolute Gasteiger partial charge is 0.414 e. The second-order valence-corrected chi connectivity index (χ2v) is 18.3. The lowest BCUT2D eigenvalue weighted by atomic mass is 10.0. The first kappa shape index (κ1) is 44.7. The minimum atomic E-state index is -0.593. The lowest BCUT2D eigenvalue weighted by Gasteiger charge is -2.27. The van der Waals surface area contributed by atoms with Crippen LogP contribution in [-0.2, 0) is 33.7 Å². The highest BCUT2D eigenvalue weighted by Crippen LogP contribution is 2.43. The van der Waals surface area contributed by atoms with Crippen molar-refractivity contribution >= 4 is 50.5 Å². The molecule has 5 aromatic rings. The third kappa shape index (κ3) is 10.4. The molecule has 0 spiro atoms. The number of carbonyl (C=O) groups excluding carboxylic acids is 2. The number of nitrogens with zero attached hydrogens (tertiary/aromatic N) is 6. The van der Waals surface area contributed by atoms with Crippen molar-refractivity contribution in [3.8, 4) is 22.8 Å². The van der Waals surface area contributed by atoms with Gasteiger partial charge in [-0.25, -0.2) is 18.6 Å². The van der Waals surface area contributed by atoms with E-state index >= 15 is 0 Å². The van der Waals surface area contributed by atoms with Crippen LogP contribution >= 0.6 is 15.9 Å². The Hall–Kier alpha value is -4.82. The fraction of sp³-hybridized carbons (Fsp3) is 0.522. The topological polar surface area (TPSA) is 121 Å². The summed E-state index contributed by atoms with van der Waals surface area (Å²) in [5.41, 5.74) is 6.60. The second-order valence-electron chi connectivity index (χ2n) is 17.5. The Morgan fingerprint density at radius 2 is 1.17 bits per heavy atom. The fourth-order valence-corrected chi connectivity index (χ4v) is 7.59. The molecule has 0 unspecified atom stereocenters. The molecule has 0 bridgehead atoms. The number of benzene rings is 1. The van der Waals surface area contributed by atoms with E-state index in [2.05, 4.69) is 34.9 Å². The van der Waals surface area contributed by atoms with Crippen LogP contribution in [0.15, 0.2) is 53.1 Å². The number of ether oxygens (including phenoxy) is 5. The van der Waals surface area contributed by atoms with Crippen molar-refractivity contribution in [2.45, 2.75) is 112 Å². The summed E-state index contributed by atoms with van der Waals surface area (Å²) in [6.45, 7) is 17.2. The van der Waals surface area contributed by atoms with Gasteiger partial charge < -0.3 is 23.7 Å². The van der Waals surface area contributed by atoms with Crippen LogP contribution in [0.2, 0.25) is 0 Å². The van der Waals surface area contributed by atoms with Gasteiger partial charge in [0.05, 0.1) is 65.9 Å². The van der Waals surface area contributed by atoms with Gasteiger partial charge in [-0.2, -0.15) is 10.2 Å². The Morgan fingerprint density at radius 1 is 0.717 bits per heavy atom. The number of fused-ring (bicyclic) bond motifs is 2. The molecule has 324 valence electrons. The maximum atomic E-state index is 13.4. The third-order valence-corrected chi connectivity index (χ3v) is 10.8. The van der Waals surface area contributed by atoms with Crippen LogP contribution in [0.25, 0.3) is 22.3 Å². The number of halogens is 1. The zero-order chi connectivity index (χ0) is 43.5. The lowest BCUT2D eigenvalue weighted by Crippen LogP contribution is -2.38. The molecule has 1 aromatic carbocycles. The molecule has 0 atom stereocenters. The van der Waals surface area contributed by atoms with Gasteiger partial charge in [0.2, 0.25) is 0 Å². The number of hydrogen-bond acceptors (Lipinski definition) is 9. The molecular formula is C46H61BrN6O7. The highest BCUT2D eigenvalue weighted by molar-refractivity contribution is 9.10. The van der Waals surface area contributed by atoms with Crippen molar-refractivity contribution in [2.75, 3.05) is 44.2 Å². The van der Waals surface area contributed by atoms with E-state index in [1.54, 1.807) is 31.1 Å². The Balaban J connectivity index is 0.000000218. The van der Waals surface area contributed by atoms with Crippen molar-refractivity contribution in [1.82, 2.24) is 19.2 Å². The molecule has 60 heavy (non-hydrogen) atoms. The predicted octanol–water partition coefficient (Wildman–Crippen LogP) is 10.7. The van der Waals surface area contributed by atoms with Crippen LogP contribution in [-0.4, -0.2) is 77.0 Å². The van der Waals surface area contributed by atoms with Gasteiger partial charge in [0.25, 0.3) is 0 Å². The van der Waals surface area contributed by atoms with E-state index in [1.165, 1.54) is 12.8 Å². The van der Waals surface area contributed by atoms with Gasteiger partial charge in [-0.1, -0.05) is 26.0 Å². The van der Waals surface area contributed by atoms with Crippen LogP contribution in [0.5, 0.6) is 11.5 Å². The molecule has 0 saturated heterocycles. The molecule has 4 aromatic heterocycles. The Labute approximate surface area is 362 Å². The molecule has 2 amide bonds. The number of rotatable bonds is 13. The summed E-state index contributed by atoms with van der Waals surface area (Å²) in [4.78, 5) is 29.8. The molecule has 7 rings (SSSR count). The number of carbonyl (C=O) groups is 2. The van der Waals surface area contributed by atoms with Crippen LogP contribution in [0, 0.1) is 11.8 Å². The van der Waals surface area contributed by atoms with E-state index in [4.69, 9.17) is 28.8 Å². The Morgan fingerprint density at radius 3 is 1.58 bits per heavy atom. The molecule has 13 nitrogen and oxygen atoms in total. The van der Waals surface area contributed by atoms with Gasteiger partial charge in [0.1, 0.15) is 27.3 Å². The highest BCUT2D eigenvalue weighted by atomic mass is 79.9. The molecule has 2 aliphatic rings. The average Bonchev–Trinajstić information content (AvgIpc) is 4.12. The summed E-state index contributed by atoms with van der Waals surface area (Å²) in [6.07, 6.45) is 5.37. The molecule has 2 saturated carbocycles. The van der Waals surface area contributed by atoms with Crippen molar-refractivity contribution in [3.05, 3.63) is 70.1 Å². The van der Waals surface area contributed by atoms with Crippen molar-refractivity contribution in [3.63, 3.8) is 0 Å².